The largest absolute Gasteiger partial charge is 1.00 e. The zero-order valence-corrected chi connectivity index (χ0v) is 62.9. The van der Waals surface area contributed by atoms with Crippen molar-refractivity contribution in [2.75, 3.05) is 32.8 Å². The first-order chi connectivity index (χ1) is 29.9. The van der Waals surface area contributed by atoms with Crippen LogP contribution in [-0.4, -0.2) is 71.8 Å². The number of aryl methyl sites for hydroxylation is 5. The number of likely N-dealkylation sites (tertiary alicyclic amines) is 2. The van der Waals surface area contributed by atoms with Crippen molar-refractivity contribution in [3.8, 4) is 23.8 Å². The van der Waals surface area contributed by atoms with Crippen LogP contribution in [0.1, 0.15) is 155 Å². The van der Waals surface area contributed by atoms with E-state index in [2.05, 4.69) is 94.8 Å². The molecule has 3 atom stereocenters. The van der Waals surface area contributed by atoms with Crippen LogP contribution in [0.2, 0.25) is 0 Å². The summed E-state index contributed by atoms with van der Waals surface area (Å²) < 4.78 is 12.7. The molecule has 3 aromatic rings. The van der Waals surface area contributed by atoms with Gasteiger partial charge in [-0.3, -0.25) is 19.3 Å². The molecule has 2 aliphatic heterocycles. The number of halogens is 1. The van der Waals surface area contributed by atoms with Crippen LogP contribution in [0.5, 0.6) is 11.5 Å². The van der Waals surface area contributed by atoms with E-state index in [1.165, 1.54) is 59.1 Å². The Kier molecular flexibility index (Phi) is 49.0. The maximum absolute atomic E-state index is 14.1. The van der Waals surface area contributed by atoms with Gasteiger partial charge in [0, 0.05) is 234 Å². The summed E-state index contributed by atoms with van der Waals surface area (Å²) in [4.78, 5) is 41.8. The van der Waals surface area contributed by atoms with E-state index in [1.807, 2.05) is 19.9 Å². The molecule has 2 fully saturated rings. The first kappa shape index (κ1) is 78.6. The molecule has 0 saturated carbocycles. The molecule has 2 saturated heterocycles. The molecule has 5 rings (SSSR count). The van der Waals surface area contributed by atoms with E-state index >= 15 is 0 Å². The minimum atomic E-state index is -0.253. The van der Waals surface area contributed by atoms with Crippen molar-refractivity contribution in [2.24, 2.45) is 0 Å². The van der Waals surface area contributed by atoms with Gasteiger partial charge in [-0.2, -0.15) is 0 Å². The molecule has 364 valence electrons. The predicted molar refractivity (Wildman–Crippen MR) is 255 cm³/mol. The Morgan fingerprint density at radius 1 is 0.710 bits per heavy atom. The van der Waals surface area contributed by atoms with Crippen LogP contribution in [-0.2, 0) is 230 Å². The second-order valence-electron chi connectivity index (χ2n) is 18.2. The molecule has 0 amide bonds. The molecule has 0 aliphatic carbocycles. The molecule has 0 N–H and O–H groups in total. The van der Waals surface area contributed by atoms with Crippen LogP contribution in [0.4, 0.5) is 0 Å². The third-order valence-electron chi connectivity index (χ3n) is 13.3. The number of carbonyl (C=O) groups is 3. The maximum Gasteiger partial charge on any atom is 0.311 e. The van der Waals surface area contributed by atoms with Gasteiger partial charge in [0.2, 0.25) is 0 Å². The van der Waals surface area contributed by atoms with E-state index in [9.17, 15) is 14.4 Å². The Morgan fingerprint density at radius 3 is 1.83 bits per heavy atom. The van der Waals surface area contributed by atoms with Crippen LogP contribution in [0.15, 0.2) is 48.5 Å². The van der Waals surface area contributed by atoms with Crippen molar-refractivity contribution in [1.29, 1.82) is 0 Å². The Balaban J connectivity index is -0.000000648. The number of ketones is 2. The van der Waals surface area contributed by atoms with Gasteiger partial charge in [-0.15, -0.1) is 12.3 Å². The number of hydrogen-bond donors (Lipinski definition) is 0. The van der Waals surface area contributed by atoms with Crippen LogP contribution >= 0.6 is 0 Å². The van der Waals surface area contributed by atoms with Crippen molar-refractivity contribution in [3.63, 3.8) is 0 Å². The fourth-order valence-electron chi connectivity index (χ4n) is 9.73. The summed E-state index contributed by atoms with van der Waals surface area (Å²) in [5.74, 6) is 4.26. The van der Waals surface area contributed by atoms with Gasteiger partial charge in [-0.05, 0) is 150 Å². The second-order valence-corrected chi connectivity index (χ2v) is 18.2. The van der Waals surface area contributed by atoms with Crippen molar-refractivity contribution in [3.05, 3.63) is 93.0 Å². The molecule has 6 radical (unpaired) electrons. The molecule has 2 aliphatic rings. The van der Waals surface area contributed by atoms with Crippen molar-refractivity contribution < 1.29 is 249 Å². The molecule has 0 spiro atoms. The number of terminal acetylenes is 1. The topological polar surface area (TPSA) is 72.9 Å². The summed E-state index contributed by atoms with van der Waals surface area (Å²) in [6.45, 7) is 22.2. The normalized spacial score (nSPS) is 17.0. The monoisotopic (exact) mass is 1510 g/mol. The number of benzene rings is 3. The Bertz CT molecular complexity index is 1960. The van der Waals surface area contributed by atoms with Crippen LogP contribution in [0, 0.1) is 47.0 Å². The number of hydrogen-bond acceptors (Lipinski definition) is 6. The van der Waals surface area contributed by atoms with Crippen molar-refractivity contribution in [2.45, 2.75) is 177 Å². The third kappa shape index (κ3) is 25.6. The van der Waals surface area contributed by atoms with Crippen LogP contribution in [0.25, 0.3) is 0 Å². The molecule has 14 heteroatoms. The Labute approximate surface area is 587 Å². The number of carbonyl (C=O) groups excluding carboxylic acids is 3. The zero-order chi connectivity index (χ0) is 45.1. The van der Waals surface area contributed by atoms with Crippen molar-refractivity contribution in [1.82, 2.24) is 4.90 Å². The number of quaternary nitrogens is 1. The van der Waals surface area contributed by atoms with Crippen LogP contribution in [0.3, 0.4) is 0 Å². The minimum Gasteiger partial charge on any atom is -1.00 e. The predicted octanol–water partition coefficient (Wildman–Crippen LogP) is 8.65. The fourth-order valence-corrected chi connectivity index (χ4v) is 9.73. The van der Waals surface area contributed by atoms with Gasteiger partial charge >= 0.3 is 5.97 Å². The summed E-state index contributed by atoms with van der Waals surface area (Å²) >= 11 is 0. The van der Waals surface area contributed by atoms with Crippen LogP contribution < -0.4 is 33.5 Å². The molecule has 3 aromatic carbocycles. The van der Waals surface area contributed by atoms with E-state index in [0.717, 1.165) is 99.7 Å². The molecule has 7 nitrogen and oxygen atoms in total. The number of unbranched alkanes of at least 4 members (excludes halogenated alkanes) is 3. The van der Waals surface area contributed by atoms with E-state index < -0.39 is 0 Å². The van der Waals surface area contributed by atoms with Gasteiger partial charge in [0.05, 0.1) is 25.7 Å². The van der Waals surface area contributed by atoms with Gasteiger partial charge in [-0.25, -0.2) is 0 Å². The average Bonchev–Trinajstić information content (AvgIpc) is 3.25. The zero-order valence-electron chi connectivity index (χ0n) is 43.7. The number of nitrogens with zero attached hydrogens (tertiary/aromatic N) is 2. The first-order valence-electron chi connectivity index (χ1n) is 24.0. The Hall–Kier alpha value is 3.10. The van der Waals surface area contributed by atoms with E-state index in [0.29, 0.717) is 55.4 Å². The molecule has 0 bridgehead atoms. The molecule has 69 heavy (non-hydrogen) atoms. The van der Waals surface area contributed by atoms with E-state index in [-0.39, 0.29) is 238 Å². The molecular formula is C55H79IN2O5Y6. The van der Waals surface area contributed by atoms with Crippen molar-refractivity contribution >= 4 is 17.5 Å². The number of rotatable bonds is 21. The van der Waals surface area contributed by atoms with E-state index in [1.54, 1.807) is 0 Å². The smallest absolute Gasteiger partial charge is 0.311 e. The number of esters is 1. The Morgan fingerprint density at radius 2 is 1.28 bits per heavy atom. The summed E-state index contributed by atoms with van der Waals surface area (Å²) in [5, 5.41) is 0. The summed E-state index contributed by atoms with van der Waals surface area (Å²) in [5.41, 5.74) is 9.29. The standard InChI is InChI=1S/C36H50NO4.C19H29NO.HI.6Y/c1-7-10-14-22-40-34-24-30(23-29(6)36(34)41-35(39)16-9-3)26-37(20-11-8-2)21-13-12-19-32(37)33(38)25-31-27(4)17-15-18-28(31)5;1-4-5-12-20-13-7-6-11-18(20)19(21)14-17-15(2)9-8-10-16(17)3;;;;;;;/h1,15,17-18,23-24,32H,8-14,16,19-22,25-26H2,2-6H3;8-10,18H,4-7,11-14H2,1-3H3;1H;;;;;;/q+1;;;;;;;;/p-1. The first-order valence-corrected chi connectivity index (χ1v) is 24.0. The summed E-state index contributed by atoms with van der Waals surface area (Å²) in [6.07, 6.45) is 20.2. The second kappa shape index (κ2) is 43.0. The molecular weight excluding hydrogens is 1430 g/mol. The van der Waals surface area contributed by atoms with Gasteiger partial charge in [0.25, 0.3) is 0 Å². The maximum atomic E-state index is 14.1. The summed E-state index contributed by atoms with van der Waals surface area (Å²) in [7, 11) is 0. The fraction of sp³-hybridized carbons (Fsp3) is 0.582. The number of ether oxygens (including phenoxy) is 2. The minimum absolute atomic E-state index is 0. The van der Waals surface area contributed by atoms with E-state index in [4.69, 9.17) is 15.9 Å². The van der Waals surface area contributed by atoms with Gasteiger partial charge in [0.15, 0.2) is 23.1 Å². The van der Waals surface area contributed by atoms with Gasteiger partial charge in [-0.1, -0.05) is 76.4 Å². The molecule has 3 unspecified atom stereocenters. The number of Topliss-reactive ketones (excluding diaryl/α,β-unsaturated/α-hetero) is 2. The molecule has 0 aromatic heterocycles. The third-order valence-corrected chi connectivity index (χ3v) is 13.3. The van der Waals surface area contributed by atoms with Gasteiger partial charge in [0.1, 0.15) is 12.6 Å². The average molecular weight is 1510 g/mol. The summed E-state index contributed by atoms with van der Waals surface area (Å²) in [6, 6.07) is 16.9. The quantitative estimate of drug-likeness (QED) is 0.0266. The SMILES string of the molecule is C#CCCCOc1cc(C[N+]2(CCCC)CCCCC2C(=O)Cc2c(C)cccc2C)cc(C)c1OC(=O)CCC.CCCCN1CCCCC1C(=O)Cc1c(C)cccc1C.[I-].[Y].[Y].[Y].[Y].[Y].[Y]. The number of piperidine rings is 2. The molecule has 2 heterocycles. The van der Waals surface area contributed by atoms with Gasteiger partial charge < -0.3 is 37.9 Å².